The molecule has 0 aromatic rings. The van der Waals surface area contributed by atoms with Gasteiger partial charge in [0, 0.05) is 17.6 Å². The summed E-state index contributed by atoms with van der Waals surface area (Å²) in [5.41, 5.74) is 0.122. The van der Waals surface area contributed by atoms with E-state index in [-0.39, 0.29) is 17.6 Å². The van der Waals surface area contributed by atoms with E-state index in [1.54, 1.807) is 39.0 Å². The van der Waals surface area contributed by atoms with Crippen molar-refractivity contribution in [3.05, 3.63) is 48.1 Å². The zero-order valence-corrected chi connectivity index (χ0v) is 14.6. The summed E-state index contributed by atoms with van der Waals surface area (Å²) >= 11 is 0. The molecule has 0 radical (unpaired) electrons. The monoisotopic (exact) mass is 346 g/mol. The van der Waals surface area contributed by atoms with Gasteiger partial charge in [0.15, 0.2) is 0 Å². The number of carbonyl (C=O) groups is 2. The predicted octanol–water partition coefficient (Wildman–Crippen LogP) is 1.96. The van der Waals surface area contributed by atoms with Gasteiger partial charge in [0.05, 0.1) is 11.5 Å². The third-order valence-corrected chi connectivity index (χ3v) is 4.91. The minimum Gasteiger partial charge on any atom is -0.458 e. The van der Waals surface area contributed by atoms with Crippen molar-refractivity contribution < 1.29 is 28.9 Å². The predicted molar refractivity (Wildman–Crippen MR) is 89.2 cm³/mol. The number of hydrogen-bond acceptors (Lipinski definition) is 6. The third-order valence-electron chi connectivity index (χ3n) is 4.91. The van der Waals surface area contributed by atoms with E-state index in [4.69, 9.17) is 14.2 Å². The summed E-state index contributed by atoms with van der Waals surface area (Å²) in [4.78, 5) is 24.2. The van der Waals surface area contributed by atoms with E-state index >= 15 is 0 Å². The second-order valence-electron chi connectivity index (χ2n) is 7.14. The van der Waals surface area contributed by atoms with Gasteiger partial charge in [0.1, 0.15) is 12.2 Å². The van der Waals surface area contributed by atoms with Crippen LogP contribution in [0.15, 0.2) is 48.1 Å². The molecule has 5 atom stereocenters. The molecule has 0 spiro atoms. The Balaban J connectivity index is 2.06. The highest BCUT2D eigenvalue weighted by Crippen LogP contribution is 2.44. The van der Waals surface area contributed by atoms with Crippen molar-refractivity contribution >= 4 is 11.9 Å². The van der Waals surface area contributed by atoms with Crippen LogP contribution in [0.3, 0.4) is 0 Å². The second-order valence-corrected chi connectivity index (χ2v) is 7.14. The Morgan fingerprint density at radius 2 is 2.12 bits per heavy atom. The van der Waals surface area contributed by atoms with Crippen molar-refractivity contribution in [3.63, 3.8) is 0 Å². The number of ether oxygens (including phenoxy) is 3. The fourth-order valence-electron chi connectivity index (χ4n) is 3.46. The standard InChI is InChI=1S/C19H22O6/c1-10(2)16(20)24-14-9-18(5)6-7-19(22,25-18)11(3)8-13-15(14)12(4)17(21)23-13/h6-8,13-15,22H,1,4,9H2,2-3,5H3. The minimum absolute atomic E-state index is 0.239. The Bertz CT molecular complexity index is 732. The van der Waals surface area contributed by atoms with Crippen LogP contribution < -0.4 is 0 Å². The quantitative estimate of drug-likeness (QED) is 0.468. The number of fused-ring (bicyclic) bond motifs is 3. The molecule has 6 nitrogen and oxygen atoms in total. The molecule has 0 aromatic heterocycles. The van der Waals surface area contributed by atoms with Crippen molar-refractivity contribution in [1.82, 2.24) is 0 Å². The van der Waals surface area contributed by atoms with Gasteiger partial charge >= 0.3 is 11.9 Å². The van der Waals surface area contributed by atoms with Crippen molar-refractivity contribution in [2.75, 3.05) is 0 Å². The van der Waals surface area contributed by atoms with Gasteiger partial charge in [-0.15, -0.1) is 0 Å². The molecular weight excluding hydrogens is 324 g/mol. The largest absolute Gasteiger partial charge is 0.458 e. The molecule has 3 aliphatic heterocycles. The maximum atomic E-state index is 12.1. The third kappa shape index (κ3) is 2.96. The molecule has 3 heterocycles. The van der Waals surface area contributed by atoms with E-state index in [0.717, 1.165) is 0 Å². The number of esters is 2. The van der Waals surface area contributed by atoms with E-state index < -0.39 is 41.5 Å². The average Bonchev–Trinajstić information content (AvgIpc) is 2.97. The number of aliphatic hydroxyl groups is 1. The topological polar surface area (TPSA) is 82.1 Å². The van der Waals surface area contributed by atoms with Crippen molar-refractivity contribution in [3.8, 4) is 0 Å². The van der Waals surface area contributed by atoms with E-state index in [1.807, 2.05) is 0 Å². The molecular formula is C19H22O6. The molecule has 6 heteroatoms. The molecule has 3 rings (SSSR count). The van der Waals surface area contributed by atoms with Gasteiger partial charge in [-0.1, -0.05) is 19.2 Å². The van der Waals surface area contributed by atoms with Crippen LogP contribution >= 0.6 is 0 Å². The van der Waals surface area contributed by atoms with Crippen LogP contribution in [-0.4, -0.2) is 40.6 Å². The van der Waals surface area contributed by atoms with Gasteiger partial charge in [0.25, 0.3) is 0 Å². The highest BCUT2D eigenvalue weighted by molar-refractivity contribution is 5.91. The van der Waals surface area contributed by atoms with Crippen molar-refractivity contribution in [1.29, 1.82) is 0 Å². The summed E-state index contributed by atoms with van der Waals surface area (Å²) in [5, 5.41) is 10.7. The molecule has 0 saturated carbocycles. The number of rotatable bonds is 2. The number of carbonyl (C=O) groups excluding carboxylic acids is 2. The van der Waals surface area contributed by atoms with Crippen LogP contribution in [0.2, 0.25) is 0 Å². The summed E-state index contributed by atoms with van der Waals surface area (Å²) in [6.45, 7) is 12.4. The second kappa shape index (κ2) is 5.68. The SMILES string of the molecule is C=C(C)C(=O)OC1CC2(C)C=CC(O)(O2)C(C)=CC2OC(=O)C(=C)C21. The Morgan fingerprint density at radius 1 is 1.44 bits per heavy atom. The smallest absolute Gasteiger partial charge is 0.334 e. The molecule has 2 bridgehead atoms. The van der Waals surface area contributed by atoms with Crippen LogP contribution in [0.1, 0.15) is 27.2 Å². The van der Waals surface area contributed by atoms with Crippen LogP contribution in [0, 0.1) is 5.92 Å². The fraction of sp³-hybridized carbons (Fsp3) is 0.474. The van der Waals surface area contributed by atoms with E-state index in [1.165, 1.54) is 0 Å². The van der Waals surface area contributed by atoms with Gasteiger partial charge < -0.3 is 19.3 Å². The van der Waals surface area contributed by atoms with Crippen LogP contribution in [-0.2, 0) is 23.8 Å². The van der Waals surface area contributed by atoms with Gasteiger partial charge in [-0.2, -0.15) is 0 Å². The van der Waals surface area contributed by atoms with Crippen molar-refractivity contribution in [2.45, 2.75) is 50.8 Å². The Labute approximate surface area is 146 Å². The van der Waals surface area contributed by atoms with Crippen LogP contribution in [0.25, 0.3) is 0 Å². The van der Waals surface area contributed by atoms with E-state index in [0.29, 0.717) is 5.57 Å². The summed E-state index contributed by atoms with van der Waals surface area (Å²) < 4.78 is 16.8. The minimum atomic E-state index is -1.58. The highest BCUT2D eigenvalue weighted by Gasteiger charge is 2.52. The normalized spacial score (nSPS) is 39.7. The average molecular weight is 346 g/mol. The molecule has 3 aliphatic rings. The van der Waals surface area contributed by atoms with Crippen LogP contribution in [0.4, 0.5) is 0 Å². The summed E-state index contributed by atoms with van der Waals surface area (Å²) in [7, 11) is 0. The van der Waals surface area contributed by atoms with Gasteiger partial charge in [-0.3, -0.25) is 0 Å². The summed E-state index contributed by atoms with van der Waals surface area (Å²) in [6, 6.07) is 0. The molecule has 5 unspecified atom stereocenters. The molecule has 1 saturated heterocycles. The first-order chi connectivity index (χ1) is 11.5. The molecule has 1 fully saturated rings. The molecule has 25 heavy (non-hydrogen) atoms. The zero-order valence-electron chi connectivity index (χ0n) is 14.6. The number of hydrogen-bond donors (Lipinski definition) is 1. The molecule has 0 aliphatic carbocycles. The first-order valence-corrected chi connectivity index (χ1v) is 8.13. The zero-order chi connectivity index (χ0) is 18.6. The maximum Gasteiger partial charge on any atom is 0.334 e. The van der Waals surface area contributed by atoms with E-state index in [9.17, 15) is 14.7 Å². The Morgan fingerprint density at radius 3 is 2.76 bits per heavy atom. The molecule has 1 N–H and O–H groups in total. The van der Waals surface area contributed by atoms with E-state index in [2.05, 4.69) is 13.2 Å². The molecule has 0 amide bonds. The van der Waals surface area contributed by atoms with Crippen LogP contribution in [0.5, 0.6) is 0 Å². The van der Waals surface area contributed by atoms with Gasteiger partial charge in [-0.25, -0.2) is 9.59 Å². The molecule has 0 aromatic carbocycles. The summed E-state index contributed by atoms with van der Waals surface area (Å²) in [5.74, 6) is -3.23. The first kappa shape index (κ1) is 17.6. The lowest BCUT2D eigenvalue weighted by molar-refractivity contribution is -0.188. The van der Waals surface area contributed by atoms with Gasteiger partial charge in [0.2, 0.25) is 5.79 Å². The Kier molecular flexibility index (Phi) is 4.00. The maximum absolute atomic E-state index is 12.1. The molecule has 134 valence electrons. The lowest BCUT2D eigenvalue weighted by atomic mass is 9.83. The van der Waals surface area contributed by atoms with Crippen molar-refractivity contribution in [2.24, 2.45) is 5.92 Å². The lowest BCUT2D eigenvalue weighted by Crippen LogP contribution is -2.40. The highest BCUT2D eigenvalue weighted by atomic mass is 16.6. The van der Waals surface area contributed by atoms with Gasteiger partial charge in [-0.05, 0) is 38.5 Å². The first-order valence-electron chi connectivity index (χ1n) is 8.13. The Hall–Kier alpha value is -2.18. The lowest BCUT2D eigenvalue weighted by Gasteiger charge is -2.33. The summed E-state index contributed by atoms with van der Waals surface area (Å²) in [6.07, 6.45) is 3.76. The fourth-order valence-corrected chi connectivity index (χ4v) is 3.46.